The van der Waals surface area contributed by atoms with Gasteiger partial charge in [-0.15, -0.1) is 0 Å². The molecule has 1 aromatic carbocycles. The molecule has 30 heavy (non-hydrogen) atoms. The molecule has 162 valence electrons. The van der Waals surface area contributed by atoms with Gasteiger partial charge in [-0.25, -0.2) is 0 Å². The third kappa shape index (κ3) is 5.61. The molecular formula is C22H28N2O6. The van der Waals surface area contributed by atoms with Crippen LogP contribution in [0, 0.1) is 11.8 Å². The van der Waals surface area contributed by atoms with E-state index in [1.807, 2.05) is 30.3 Å². The second kappa shape index (κ2) is 10.8. The zero-order valence-electron chi connectivity index (χ0n) is 17.0. The number of methoxy groups -OCH3 is 1. The fraction of sp³-hybridized carbons (Fsp3) is 0.455. The lowest BCUT2D eigenvalue weighted by Gasteiger charge is -2.39. The average Bonchev–Trinajstić information content (AvgIpc) is 3.44. The number of carbonyl (C=O) groups is 2. The molecule has 2 aliphatic heterocycles. The van der Waals surface area contributed by atoms with Gasteiger partial charge in [0.25, 0.3) is 6.47 Å². The molecule has 0 unspecified atom stereocenters. The lowest BCUT2D eigenvalue weighted by molar-refractivity contribution is -0.131. The van der Waals surface area contributed by atoms with Gasteiger partial charge in [0.2, 0.25) is 5.91 Å². The first kappa shape index (κ1) is 21.9. The molecule has 0 aliphatic carbocycles. The van der Waals surface area contributed by atoms with Gasteiger partial charge in [-0.05, 0) is 36.2 Å². The quantitative estimate of drug-likeness (QED) is 0.696. The minimum absolute atomic E-state index is 0.0631. The molecule has 8 nitrogen and oxygen atoms in total. The maximum Gasteiger partial charge on any atom is 0.290 e. The molecule has 2 fully saturated rings. The first-order valence-electron chi connectivity index (χ1n) is 9.99. The van der Waals surface area contributed by atoms with Crippen LogP contribution in [-0.4, -0.2) is 55.3 Å². The van der Waals surface area contributed by atoms with E-state index in [2.05, 4.69) is 16.3 Å². The van der Waals surface area contributed by atoms with Crippen molar-refractivity contribution in [1.82, 2.24) is 10.2 Å². The van der Waals surface area contributed by atoms with Crippen molar-refractivity contribution in [3.63, 3.8) is 0 Å². The number of rotatable bonds is 6. The average molecular weight is 416 g/mol. The molecule has 3 atom stereocenters. The second-order valence-electron chi connectivity index (χ2n) is 7.42. The Hall–Kier alpha value is -2.84. The van der Waals surface area contributed by atoms with Crippen molar-refractivity contribution in [2.45, 2.75) is 25.6 Å². The van der Waals surface area contributed by atoms with Gasteiger partial charge in [-0.1, -0.05) is 12.1 Å². The number of amides is 1. The van der Waals surface area contributed by atoms with Gasteiger partial charge in [0.1, 0.15) is 11.5 Å². The lowest BCUT2D eigenvalue weighted by atomic mass is 9.82. The van der Waals surface area contributed by atoms with Gasteiger partial charge >= 0.3 is 0 Å². The van der Waals surface area contributed by atoms with Crippen molar-refractivity contribution in [2.24, 2.45) is 11.8 Å². The molecule has 0 radical (unpaired) electrons. The molecule has 4 rings (SSSR count). The topological polar surface area (TPSA) is 101 Å². The number of ether oxygens (including phenoxy) is 2. The standard InChI is InChI=1S/C21H26N2O4.CH2O2/c1-25-16-5-2-4-15(10-16)12-23-13-19(18-7-9-27-20(18)14-23)21(24)22-11-17-6-3-8-26-17;2-1-3/h2-6,8,10,18-20H,7,9,11-14H2,1H3,(H,22,24);1H,(H,2,3)/t18-,19+,20+;/m0./s1. The fourth-order valence-electron chi connectivity index (χ4n) is 4.21. The van der Waals surface area contributed by atoms with E-state index in [1.54, 1.807) is 13.4 Å². The first-order chi connectivity index (χ1) is 14.6. The summed E-state index contributed by atoms with van der Waals surface area (Å²) in [5, 5.41) is 9.92. The number of carboxylic acid groups (broad SMARTS) is 1. The molecule has 2 N–H and O–H groups in total. The van der Waals surface area contributed by atoms with Gasteiger partial charge in [0.15, 0.2) is 0 Å². The molecule has 0 bridgehead atoms. The number of piperidine rings is 1. The van der Waals surface area contributed by atoms with Crippen LogP contribution >= 0.6 is 0 Å². The van der Waals surface area contributed by atoms with E-state index in [0.717, 1.165) is 44.2 Å². The Labute approximate surface area is 175 Å². The molecule has 0 spiro atoms. The van der Waals surface area contributed by atoms with E-state index in [4.69, 9.17) is 23.8 Å². The van der Waals surface area contributed by atoms with Gasteiger partial charge < -0.3 is 24.3 Å². The summed E-state index contributed by atoms with van der Waals surface area (Å²) in [7, 11) is 1.68. The summed E-state index contributed by atoms with van der Waals surface area (Å²) in [6.45, 7) is 3.31. The molecule has 0 saturated carbocycles. The van der Waals surface area contributed by atoms with Crippen LogP contribution in [0.1, 0.15) is 17.7 Å². The highest BCUT2D eigenvalue weighted by Gasteiger charge is 2.43. The van der Waals surface area contributed by atoms with Gasteiger partial charge in [-0.2, -0.15) is 0 Å². The van der Waals surface area contributed by atoms with Crippen LogP contribution in [0.25, 0.3) is 0 Å². The molecule has 8 heteroatoms. The van der Waals surface area contributed by atoms with Crippen molar-refractivity contribution >= 4 is 12.4 Å². The summed E-state index contributed by atoms with van der Waals surface area (Å²) in [5.74, 6) is 1.94. The summed E-state index contributed by atoms with van der Waals surface area (Å²) in [5.41, 5.74) is 1.18. The predicted octanol–water partition coefficient (Wildman–Crippen LogP) is 2.14. The highest BCUT2D eigenvalue weighted by molar-refractivity contribution is 5.79. The van der Waals surface area contributed by atoms with Crippen molar-refractivity contribution in [2.75, 3.05) is 26.8 Å². The summed E-state index contributed by atoms with van der Waals surface area (Å²) in [6, 6.07) is 11.8. The number of nitrogens with zero attached hydrogens (tertiary/aromatic N) is 1. The molecule has 2 saturated heterocycles. The Morgan fingerprint density at radius 3 is 2.90 bits per heavy atom. The minimum atomic E-state index is -0.250. The third-order valence-electron chi connectivity index (χ3n) is 5.56. The normalized spacial score (nSPS) is 23.0. The molecular weight excluding hydrogens is 388 g/mol. The number of hydrogen-bond donors (Lipinski definition) is 2. The van der Waals surface area contributed by atoms with Crippen molar-refractivity contribution in [3.8, 4) is 5.75 Å². The maximum atomic E-state index is 12.9. The second-order valence-corrected chi connectivity index (χ2v) is 7.42. The van der Waals surface area contributed by atoms with E-state index < -0.39 is 0 Å². The van der Waals surface area contributed by atoms with Crippen LogP contribution in [-0.2, 0) is 27.4 Å². The van der Waals surface area contributed by atoms with Crippen LogP contribution in [0.2, 0.25) is 0 Å². The van der Waals surface area contributed by atoms with Crippen molar-refractivity contribution < 1.29 is 28.6 Å². The van der Waals surface area contributed by atoms with Crippen LogP contribution in [0.4, 0.5) is 0 Å². The fourth-order valence-corrected chi connectivity index (χ4v) is 4.21. The molecule has 2 aliphatic rings. The Balaban J connectivity index is 0.000000806. The van der Waals surface area contributed by atoms with E-state index in [0.29, 0.717) is 12.5 Å². The largest absolute Gasteiger partial charge is 0.497 e. The Morgan fingerprint density at radius 2 is 2.17 bits per heavy atom. The predicted molar refractivity (Wildman–Crippen MR) is 109 cm³/mol. The number of carbonyl (C=O) groups excluding carboxylic acids is 1. The zero-order chi connectivity index (χ0) is 21.3. The third-order valence-corrected chi connectivity index (χ3v) is 5.56. The number of benzene rings is 1. The molecule has 1 amide bonds. The van der Waals surface area contributed by atoms with Crippen molar-refractivity contribution in [1.29, 1.82) is 0 Å². The summed E-state index contributed by atoms with van der Waals surface area (Å²) in [4.78, 5) is 23.6. The summed E-state index contributed by atoms with van der Waals surface area (Å²) < 4.78 is 16.6. The molecule has 1 aromatic heterocycles. The van der Waals surface area contributed by atoms with Crippen molar-refractivity contribution in [3.05, 3.63) is 54.0 Å². The highest BCUT2D eigenvalue weighted by atomic mass is 16.5. The van der Waals surface area contributed by atoms with Crippen LogP contribution < -0.4 is 10.1 Å². The maximum absolute atomic E-state index is 12.9. The van der Waals surface area contributed by atoms with E-state index >= 15 is 0 Å². The Kier molecular flexibility index (Phi) is 7.87. The summed E-state index contributed by atoms with van der Waals surface area (Å²) >= 11 is 0. The molecule has 2 aromatic rings. The minimum Gasteiger partial charge on any atom is -0.497 e. The van der Waals surface area contributed by atoms with E-state index in [-0.39, 0.29) is 24.4 Å². The monoisotopic (exact) mass is 416 g/mol. The zero-order valence-corrected chi connectivity index (χ0v) is 17.0. The molecule has 3 heterocycles. The smallest absolute Gasteiger partial charge is 0.290 e. The first-order valence-corrected chi connectivity index (χ1v) is 9.99. The van der Waals surface area contributed by atoms with E-state index in [9.17, 15) is 4.79 Å². The van der Waals surface area contributed by atoms with E-state index in [1.165, 1.54) is 5.56 Å². The Bertz CT molecular complexity index is 810. The Morgan fingerprint density at radius 1 is 1.33 bits per heavy atom. The van der Waals surface area contributed by atoms with Gasteiger partial charge in [0.05, 0.1) is 31.9 Å². The van der Waals surface area contributed by atoms with Crippen LogP contribution in [0.3, 0.4) is 0 Å². The number of likely N-dealkylation sites (tertiary alicyclic amines) is 1. The number of hydrogen-bond acceptors (Lipinski definition) is 6. The van der Waals surface area contributed by atoms with Crippen LogP contribution in [0.5, 0.6) is 5.75 Å². The highest BCUT2D eigenvalue weighted by Crippen LogP contribution is 2.34. The summed E-state index contributed by atoms with van der Waals surface area (Å²) in [6.07, 6.45) is 2.71. The number of nitrogens with one attached hydrogen (secondary N) is 1. The lowest BCUT2D eigenvalue weighted by Crippen LogP contribution is -2.52. The number of fused-ring (bicyclic) bond motifs is 1. The van der Waals surface area contributed by atoms with Gasteiger partial charge in [-0.3, -0.25) is 14.5 Å². The van der Waals surface area contributed by atoms with Gasteiger partial charge in [0, 0.05) is 32.2 Å². The number of furan rings is 1. The van der Waals surface area contributed by atoms with Crippen LogP contribution in [0.15, 0.2) is 47.1 Å². The SMILES string of the molecule is COc1cccc(CN2C[C@H]3OCC[C@H]3[C@H](C(=O)NCc3ccco3)C2)c1.O=CO.